The molecule has 0 saturated heterocycles. The molecule has 2 nitrogen and oxygen atoms in total. The molecule has 3 aromatic rings. The smallest absolute Gasteiger partial charge is 0.257 e. The maximum atomic E-state index is 6.47. The lowest BCUT2D eigenvalue weighted by Crippen LogP contribution is -2.41. The molecule has 0 aliphatic heterocycles. The van der Waals surface area contributed by atoms with Crippen molar-refractivity contribution in [1.82, 2.24) is 0 Å². The molecule has 0 unspecified atom stereocenters. The van der Waals surface area contributed by atoms with Crippen molar-refractivity contribution in [2.45, 2.75) is 76.6 Å². The molecule has 0 heterocycles. The first kappa shape index (κ1) is 21.9. The third-order valence-electron chi connectivity index (χ3n) is 7.36. The molecule has 0 aromatic heterocycles. The van der Waals surface area contributed by atoms with Gasteiger partial charge in [0.15, 0.2) is 0 Å². The van der Waals surface area contributed by atoms with E-state index in [-0.39, 0.29) is 11.1 Å². The van der Waals surface area contributed by atoms with Crippen molar-refractivity contribution in [3.63, 3.8) is 0 Å². The van der Waals surface area contributed by atoms with Crippen LogP contribution in [0, 0.1) is 0 Å². The molecule has 0 bridgehead atoms. The van der Waals surface area contributed by atoms with Gasteiger partial charge in [-0.05, 0) is 71.1 Å². The number of hydrogen-bond donors (Lipinski definition) is 0. The third-order valence-corrected chi connectivity index (χ3v) is 11.7. The second kappa shape index (κ2) is 8.35. The Morgan fingerprint density at radius 2 is 1.52 bits per heavy atom. The number of rotatable bonds is 5. The van der Waals surface area contributed by atoms with Crippen molar-refractivity contribution in [3.8, 4) is 0 Å². The van der Waals surface area contributed by atoms with Gasteiger partial charge in [0.05, 0.1) is 0 Å². The number of benzene rings is 3. The Morgan fingerprint density at radius 1 is 0.903 bits per heavy atom. The second-order valence-electron chi connectivity index (χ2n) is 10.5. The molecule has 0 radical (unpaired) electrons. The van der Waals surface area contributed by atoms with Gasteiger partial charge in [0.2, 0.25) is 0 Å². The molecule has 31 heavy (non-hydrogen) atoms. The molecule has 1 fully saturated rings. The van der Waals surface area contributed by atoms with Gasteiger partial charge in [0, 0.05) is 5.92 Å². The van der Waals surface area contributed by atoms with E-state index >= 15 is 0 Å². The summed E-state index contributed by atoms with van der Waals surface area (Å²) in [5.74, 6) is 0.858. The highest BCUT2D eigenvalue weighted by Crippen LogP contribution is 2.43. The molecule has 4 rings (SSSR count). The van der Waals surface area contributed by atoms with Crippen molar-refractivity contribution >= 4 is 29.9 Å². The predicted octanol–water partition coefficient (Wildman–Crippen LogP) is 8.53. The fourth-order valence-electron chi connectivity index (χ4n) is 4.61. The topological polar surface area (TPSA) is 18.5 Å². The van der Waals surface area contributed by atoms with Crippen LogP contribution >= 0.6 is 0 Å². The Balaban J connectivity index is 1.68. The lowest BCUT2D eigenvalue weighted by atomic mass is 9.79. The van der Waals surface area contributed by atoms with E-state index in [4.69, 9.17) is 9.16 Å². The van der Waals surface area contributed by atoms with Crippen LogP contribution in [-0.2, 0) is 9.16 Å². The molecule has 3 aromatic carbocycles. The molecule has 0 spiro atoms. The summed E-state index contributed by atoms with van der Waals surface area (Å²) in [7, 11) is -1.96. The number of ether oxygens (including phenoxy) is 1. The van der Waals surface area contributed by atoms with E-state index in [9.17, 15) is 0 Å². The van der Waals surface area contributed by atoms with E-state index in [1.807, 2.05) is 0 Å². The van der Waals surface area contributed by atoms with E-state index in [2.05, 4.69) is 95.0 Å². The van der Waals surface area contributed by atoms with Crippen LogP contribution in [0.2, 0.25) is 18.1 Å². The van der Waals surface area contributed by atoms with Crippen LogP contribution in [-0.4, -0.2) is 14.4 Å². The molecule has 1 aliphatic rings. The van der Waals surface area contributed by atoms with Gasteiger partial charge in [0.1, 0.15) is 6.10 Å². The first-order valence-electron chi connectivity index (χ1n) is 11.6. The maximum Gasteiger partial charge on any atom is 0.257 e. The van der Waals surface area contributed by atoms with E-state index in [1.54, 1.807) is 0 Å². The van der Waals surface area contributed by atoms with Crippen LogP contribution in [0.15, 0.2) is 67.1 Å². The second-order valence-corrected chi connectivity index (χ2v) is 15.2. The molecular weight excluding hydrogens is 396 g/mol. The summed E-state index contributed by atoms with van der Waals surface area (Å²) >= 11 is 0. The van der Waals surface area contributed by atoms with Crippen LogP contribution in [0.4, 0.5) is 0 Å². The quantitative estimate of drug-likeness (QED) is 0.228. The van der Waals surface area contributed by atoms with E-state index in [0.717, 1.165) is 12.8 Å². The zero-order valence-electron chi connectivity index (χ0n) is 19.7. The van der Waals surface area contributed by atoms with Gasteiger partial charge in [-0.25, -0.2) is 0 Å². The van der Waals surface area contributed by atoms with E-state index < -0.39 is 8.32 Å². The zero-order valence-corrected chi connectivity index (χ0v) is 20.7. The van der Waals surface area contributed by atoms with Crippen LogP contribution in [0.3, 0.4) is 0 Å². The minimum atomic E-state index is -1.96. The van der Waals surface area contributed by atoms with Crippen molar-refractivity contribution in [2.75, 3.05) is 0 Å². The minimum Gasteiger partial charge on any atom is -0.519 e. The van der Waals surface area contributed by atoms with Gasteiger partial charge in [-0.2, -0.15) is 0 Å². The van der Waals surface area contributed by atoms with Gasteiger partial charge in [-0.1, -0.05) is 81.8 Å². The van der Waals surface area contributed by atoms with Crippen molar-refractivity contribution in [2.24, 2.45) is 0 Å². The number of hydrogen-bond acceptors (Lipinski definition) is 2. The fraction of sp³-hybridized carbons (Fsp3) is 0.429. The average Bonchev–Trinajstić information content (AvgIpc) is 2.72. The molecule has 0 N–H and O–H groups in total. The third kappa shape index (κ3) is 4.38. The molecule has 0 amide bonds. The summed E-state index contributed by atoms with van der Waals surface area (Å²) in [6.07, 6.45) is 4.73. The Hall–Kier alpha value is -2.26. The van der Waals surface area contributed by atoms with E-state index in [1.165, 1.54) is 39.9 Å². The minimum absolute atomic E-state index is 0.107. The van der Waals surface area contributed by atoms with Crippen LogP contribution in [0.5, 0.6) is 0 Å². The maximum absolute atomic E-state index is 6.47. The summed E-state index contributed by atoms with van der Waals surface area (Å²) in [6, 6.07) is 19.9. The standard InChI is InChI=1S/C28H36O2Si/c1-20(30-31(5,6)28(2,3)4)29-27-18-12-11-17-25(27)26-19-21-13-7-8-14-22(21)23-15-9-10-16-24(23)26/h7-10,13-16,19,25,27H,1,11-12,17-18H2,2-6H3/t25-,27+/m1/s1. The van der Waals surface area contributed by atoms with E-state index in [0.29, 0.717) is 11.9 Å². The SMILES string of the molecule is C=C(O[C@H]1CCCC[C@@H]1c1cc2ccccc2c2ccccc12)O[Si](C)(C)C(C)(C)C. The summed E-state index contributed by atoms with van der Waals surface area (Å²) in [4.78, 5) is 0. The fourth-order valence-corrected chi connectivity index (χ4v) is 5.54. The summed E-state index contributed by atoms with van der Waals surface area (Å²) in [5.41, 5.74) is 1.40. The molecule has 1 saturated carbocycles. The summed E-state index contributed by atoms with van der Waals surface area (Å²) in [5, 5.41) is 5.42. The van der Waals surface area contributed by atoms with Gasteiger partial charge in [-0.3, -0.25) is 0 Å². The Morgan fingerprint density at radius 3 is 2.23 bits per heavy atom. The summed E-state index contributed by atoms with van der Waals surface area (Å²) < 4.78 is 12.8. The molecule has 164 valence electrons. The molecule has 3 heteroatoms. The first-order chi connectivity index (χ1) is 14.7. The number of fused-ring (bicyclic) bond motifs is 3. The molecule has 2 atom stereocenters. The monoisotopic (exact) mass is 432 g/mol. The van der Waals surface area contributed by atoms with Gasteiger partial charge in [0.25, 0.3) is 14.3 Å². The van der Waals surface area contributed by atoms with Crippen LogP contribution in [0.1, 0.15) is 57.9 Å². The molecule has 1 aliphatic carbocycles. The Bertz CT molecular complexity index is 1090. The summed E-state index contributed by atoms with van der Waals surface area (Å²) in [6.45, 7) is 15.4. The van der Waals surface area contributed by atoms with Crippen LogP contribution < -0.4 is 0 Å². The highest BCUT2D eigenvalue weighted by Gasteiger charge is 2.40. The van der Waals surface area contributed by atoms with Gasteiger partial charge in [-0.15, -0.1) is 0 Å². The highest BCUT2D eigenvalue weighted by molar-refractivity contribution is 6.74. The van der Waals surface area contributed by atoms with Gasteiger partial charge >= 0.3 is 0 Å². The largest absolute Gasteiger partial charge is 0.519 e. The normalized spacial score (nSPS) is 20.0. The lowest BCUT2D eigenvalue weighted by Gasteiger charge is -2.39. The molecular formula is C28H36O2Si. The Kier molecular flexibility index (Phi) is 5.91. The zero-order chi connectivity index (χ0) is 22.2. The predicted molar refractivity (Wildman–Crippen MR) is 135 cm³/mol. The van der Waals surface area contributed by atoms with Gasteiger partial charge < -0.3 is 9.16 Å². The Labute approximate surface area is 188 Å². The van der Waals surface area contributed by atoms with Crippen molar-refractivity contribution < 1.29 is 9.16 Å². The van der Waals surface area contributed by atoms with Crippen molar-refractivity contribution in [1.29, 1.82) is 0 Å². The van der Waals surface area contributed by atoms with Crippen molar-refractivity contribution in [3.05, 3.63) is 72.7 Å². The highest BCUT2D eigenvalue weighted by atomic mass is 28.4. The lowest BCUT2D eigenvalue weighted by molar-refractivity contribution is 0.00583. The average molecular weight is 433 g/mol. The van der Waals surface area contributed by atoms with Crippen LogP contribution in [0.25, 0.3) is 21.5 Å². The first-order valence-corrected chi connectivity index (χ1v) is 14.5.